The Labute approximate surface area is 217 Å². The second kappa shape index (κ2) is 14.8. The van der Waals surface area contributed by atoms with Crippen LogP contribution in [-0.2, 0) is 24.0 Å². The summed E-state index contributed by atoms with van der Waals surface area (Å²) in [6, 6.07) is 0. The molecule has 4 N–H and O–H groups in total. The summed E-state index contributed by atoms with van der Waals surface area (Å²) in [5, 5.41) is 10.9. The summed E-state index contributed by atoms with van der Waals surface area (Å²) in [5.41, 5.74) is -0.559. The standard InChI is InChI=1S/C26H49N5O5/c1-24(2,3)14-19(32)27-10-12-29-21(34)17-31(23(36)16-26(7,8)9)18-22(35)30-13-11-28-20(33)15-25(4,5)6/h10-18H2,1-9H3,(H,27,32)(H,28,33)(H,29,34)(H,30,35). The molecule has 0 radical (unpaired) electrons. The van der Waals surface area contributed by atoms with Gasteiger partial charge < -0.3 is 26.2 Å². The van der Waals surface area contributed by atoms with Crippen LogP contribution in [0.4, 0.5) is 0 Å². The van der Waals surface area contributed by atoms with Crippen LogP contribution in [0.25, 0.3) is 0 Å². The lowest BCUT2D eigenvalue weighted by atomic mass is 9.91. The van der Waals surface area contributed by atoms with Gasteiger partial charge in [0.15, 0.2) is 0 Å². The second-order valence-electron chi connectivity index (χ2n) is 12.9. The Balaban J connectivity index is 4.69. The lowest BCUT2D eigenvalue weighted by molar-refractivity contribution is -0.140. The zero-order valence-electron chi connectivity index (χ0n) is 23.9. The van der Waals surface area contributed by atoms with Gasteiger partial charge in [0.05, 0.1) is 0 Å². The van der Waals surface area contributed by atoms with Crippen molar-refractivity contribution in [3.63, 3.8) is 0 Å². The van der Waals surface area contributed by atoms with E-state index in [1.54, 1.807) is 0 Å². The highest BCUT2D eigenvalue weighted by molar-refractivity contribution is 5.89. The molecule has 0 fully saturated rings. The van der Waals surface area contributed by atoms with E-state index in [1.165, 1.54) is 4.90 Å². The molecule has 36 heavy (non-hydrogen) atoms. The first-order chi connectivity index (χ1) is 16.3. The van der Waals surface area contributed by atoms with Gasteiger partial charge in [-0.05, 0) is 16.2 Å². The summed E-state index contributed by atoms with van der Waals surface area (Å²) in [4.78, 5) is 62.6. The highest BCUT2D eigenvalue weighted by Crippen LogP contribution is 2.20. The molecule has 0 saturated heterocycles. The Morgan fingerprint density at radius 3 is 1.03 bits per heavy atom. The van der Waals surface area contributed by atoms with Crippen molar-refractivity contribution in [2.24, 2.45) is 16.2 Å². The van der Waals surface area contributed by atoms with Crippen molar-refractivity contribution in [3.8, 4) is 0 Å². The van der Waals surface area contributed by atoms with Gasteiger partial charge >= 0.3 is 0 Å². The molecule has 5 amide bonds. The molecule has 0 aromatic rings. The number of nitrogens with one attached hydrogen (secondary N) is 4. The summed E-state index contributed by atoms with van der Waals surface area (Å²) < 4.78 is 0. The molecule has 0 spiro atoms. The molecular formula is C26H49N5O5. The number of carbonyl (C=O) groups is 5. The topological polar surface area (TPSA) is 137 Å². The molecule has 10 nitrogen and oxygen atoms in total. The monoisotopic (exact) mass is 511 g/mol. The lowest BCUT2D eigenvalue weighted by Gasteiger charge is -2.26. The molecular weight excluding hydrogens is 462 g/mol. The number of nitrogens with zero attached hydrogens (tertiary/aromatic N) is 1. The minimum atomic E-state index is -0.412. The van der Waals surface area contributed by atoms with Gasteiger partial charge in [-0.2, -0.15) is 0 Å². The number of rotatable bonds is 13. The third-order valence-corrected chi connectivity index (χ3v) is 4.62. The Kier molecular flexibility index (Phi) is 13.7. The molecule has 0 aromatic carbocycles. The zero-order valence-corrected chi connectivity index (χ0v) is 23.9. The van der Waals surface area contributed by atoms with Crippen LogP contribution < -0.4 is 21.3 Å². The van der Waals surface area contributed by atoms with Gasteiger partial charge in [0, 0.05) is 45.4 Å². The minimum Gasteiger partial charge on any atom is -0.354 e. The molecule has 0 rings (SSSR count). The van der Waals surface area contributed by atoms with Gasteiger partial charge in [0.2, 0.25) is 29.5 Å². The molecule has 10 heteroatoms. The molecule has 0 unspecified atom stereocenters. The van der Waals surface area contributed by atoms with Crippen LogP contribution in [0.15, 0.2) is 0 Å². The fraction of sp³-hybridized carbons (Fsp3) is 0.808. The number of hydrogen-bond acceptors (Lipinski definition) is 5. The Morgan fingerprint density at radius 2 is 0.750 bits per heavy atom. The molecule has 0 aliphatic heterocycles. The summed E-state index contributed by atoms with van der Waals surface area (Å²) in [6.45, 7) is 18.0. The van der Waals surface area contributed by atoms with Crippen LogP contribution in [0.1, 0.15) is 81.6 Å². The van der Waals surface area contributed by atoms with Crippen molar-refractivity contribution in [2.75, 3.05) is 39.3 Å². The van der Waals surface area contributed by atoms with Crippen LogP contribution in [0.2, 0.25) is 0 Å². The number of hydrogen-bond donors (Lipinski definition) is 4. The normalized spacial score (nSPS) is 11.9. The molecule has 0 aromatic heterocycles. The van der Waals surface area contributed by atoms with Crippen LogP contribution >= 0.6 is 0 Å². The van der Waals surface area contributed by atoms with Crippen molar-refractivity contribution < 1.29 is 24.0 Å². The van der Waals surface area contributed by atoms with E-state index >= 15 is 0 Å². The second-order valence-corrected chi connectivity index (χ2v) is 12.9. The van der Waals surface area contributed by atoms with Crippen molar-refractivity contribution >= 4 is 29.5 Å². The first-order valence-electron chi connectivity index (χ1n) is 12.6. The summed E-state index contributed by atoms with van der Waals surface area (Å²) in [7, 11) is 0. The predicted octanol–water partition coefficient (Wildman–Crippen LogP) is 1.59. The zero-order chi connectivity index (χ0) is 28.2. The van der Waals surface area contributed by atoms with E-state index in [4.69, 9.17) is 0 Å². The fourth-order valence-electron chi connectivity index (χ4n) is 3.15. The van der Waals surface area contributed by atoms with Crippen molar-refractivity contribution in [1.29, 1.82) is 0 Å². The maximum Gasteiger partial charge on any atom is 0.239 e. The largest absolute Gasteiger partial charge is 0.354 e. The minimum absolute atomic E-state index is 0.0926. The molecule has 208 valence electrons. The van der Waals surface area contributed by atoms with Crippen LogP contribution in [0.3, 0.4) is 0 Å². The van der Waals surface area contributed by atoms with Gasteiger partial charge in [0.25, 0.3) is 0 Å². The SMILES string of the molecule is CC(C)(C)CC(=O)NCCNC(=O)CN(CC(=O)NCCNC(=O)CC(C)(C)C)C(=O)CC(C)(C)C. The first-order valence-corrected chi connectivity index (χ1v) is 12.6. The predicted molar refractivity (Wildman–Crippen MR) is 141 cm³/mol. The highest BCUT2D eigenvalue weighted by atomic mass is 16.2. The van der Waals surface area contributed by atoms with E-state index in [2.05, 4.69) is 21.3 Å². The van der Waals surface area contributed by atoms with Crippen LogP contribution in [0.5, 0.6) is 0 Å². The molecule has 0 saturated carbocycles. The number of amides is 5. The Morgan fingerprint density at radius 1 is 0.472 bits per heavy atom. The Hall–Kier alpha value is -2.65. The third kappa shape index (κ3) is 19.6. The average Bonchev–Trinajstić information content (AvgIpc) is 2.64. The molecule has 0 aliphatic rings. The molecule has 0 aliphatic carbocycles. The smallest absolute Gasteiger partial charge is 0.239 e. The first kappa shape index (κ1) is 33.4. The number of carbonyl (C=O) groups excluding carboxylic acids is 5. The quantitative estimate of drug-likeness (QED) is 0.278. The van der Waals surface area contributed by atoms with Crippen molar-refractivity contribution in [1.82, 2.24) is 26.2 Å². The van der Waals surface area contributed by atoms with E-state index in [1.807, 2.05) is 62.3 Å². The van der Waals surface area contributed by atoms with Gasteiger partial charge in [-0.3, -0.25) is 24.0 Å². The van der Waals surface area contributed by atoms with Crippen molar-refractivity contribution in [3.05, 3.63) is 0 Å². The molecule has 0 bridgehead atoms. The van der Waals surface area contributed by atoms with E-state index in [0.717, 1.165) is 0 Å². The van der Waals surface area contributed by atoms with Crippen LogP contribution in [-0.4, -0.2) is 73.7 Å². The van der Waals surface area contributed by atoms with Crippen LogP contribution in [0, 0.1) is 16.2 Å². The average molecular weight is 512 g/mol. The van der Waals surface area contributed by atoms with E-state index in [9.17, 15) is 24.0 Å². The van der Waals surface area contributed by atoms with Gasteiger partial charge in [-0.25, -0.2) is 0 Å². The van der Waals surface area contributed by atoms with Crippen molar-refractivity contribution in [2.45, 2.75) is 81.6 Å². The van der Waals surface area contributed by atoms with E-state index < -0.39 is 11.8 Å². The Bertz CT molecular complexity index is 710. The highest BCUT2D eigenvalue weighted by Gasteiger charge is 2.25. The van der Waals surface area contributed by atoms with E-state index in [-0.39, 0.29) is 79.7 Å². The summed E-state index contributed by atoms with van der Waals surface area (Å²) in [6.07, 6.45) is 0.941. The maximum absolute atomic E-state index is 12.8. The van der Waals surface area contributed by atoms with E-state index in [0.29, 0.717) is 12.8 Å². The molecule has 0 heterocycles. The molecule has 0 atom stereocenters. The van der Waals surface area contributed by atoms with Gasteiger partial charge in [-0.1, -0.05) is 62.3 Å². The third-order valence-electron chi connectivity index (χ3n) is 4.62. The summed E-state index contributed by atoms with van der Waals surface area (Å²) in [5.74, 6) is -1.31. The summed E-state index contributed by atoms with van der Waals surface area (Å²) >= 11 is 0. The lowest BCUT2D eigenvalue weighted by Crippen LogP contribution is -2.48. The fourth-order valence-corrected chi connectivity index (χ4v) is 3.15. The maximum atomic E-state index is 12.8. The van der Waals surface area contributed by atoms with Gasteiger partial charge in [0.1, 0.15) is 13.1 Å². The van der Waals surface area contributed by atoms with Gasteiger partial charge in [-0.15, -0.1) is 0 Å².